The summed E-state index contributed by atoms with van der Waals surface area (Å²) in [7, 11) is 0. The number of carbonyl (C=O) groups is 1. The van der Waals surface area contributed by atoms with E-state index in [1.807, 2.05) is 31.2 Å². The summed E-state index contributed by atoms with van der Waals surface area (Å²) in [4.78, 5) is 20.6. The van der Waals surface area contributed by atoms with Crippen molar-refractivity contribution in [3.8, 4) is 17.2 Å². The molecule has 1 amide bonds. The molecule has 122 valence electrons. The van der Waals surface area contributed by atoms with Crippen molar-refractivity contribution in [2.75, 3.05) is 0 Å². The Morgan fingerprint density at radius 1 is 1.17 bits per heavy atom. The molecule has 0 bridgehead atoms. The highest BCUT2D eigenvalue weighted by atomic mass is 16.2. The van der Waals surface area contributed by atoms with E-state index >= 15 is 0 Å². The molecule has 0 aliphatic heterocycles. The first kappa shape index (κ1) is 16.1. The zero-order chi connectivity index (χ0) is 17.0. The van der Waals surface area contributed by atoms with Gasteiger partial charge in [-0.2, -0.15) is 5.26 Å². The van der Waals surface area contributed by atoms with Crippen LogP contribution in [0.3, 0.4) is 0 Å². The molecule has 1 saturated carbocycles. The number of carbonyl (C=O) groups excluding carboxylic acids is 1. The molecule has 0 saturated heterocycles. The van der Waals surface area contributed by atoms with Crippen molar-refractivity contribution in [1.82, 2.24) is 15.3 Å². The molecule has 0 spiro atoms. The Morgan fingerprint density at radius 3 is 2.38 bits per heavy atom. The Kier molecular flexibility index (Phi) is 4.57. The summed E-state index contributed by atoms with van der Waals surface area (Å²) in [5.74, 6) is -0.143. The highest BCUT2D eigenvalue weighted by Crippen LogP contribution is 2.38. The number of aromatic nitrogens is 2. The molecular formula is C19H20N4O. The van der Waals surface area contributed by atoms with Gasteiger partial charge in [-0.15, -0.1) is 0 Å². The second-order valence-electron chi connectivity index (χ2n) is 6.35. The van der Waals surface area contributed by atoms with Gasteiger partial charge in [0.25, 0.3) is 0 Å². The lowest BCUT2D eigenvalue weighted by molar-refractivity contribution is -0.128. The van der Waals surface area contributed by atoms with E-state index in [-0.39, 0.29) is 11.9 Å². The fourth-order valence-electron chi connectivity index (χ4n) is 3.20. The quantitative estimate of drug-likeness (QED) is 0.936. The van der Waals surface area contributed by atoms with Gasteiger partial charge in [0.1, 0.15) is 11.7 Å². The highest BCUT2D eigenvalue weighted by Gasteiger charge is 2.41. The molecule has 1 heterocycles. The second-order valence-corrected chi connectivity index (χ2v) is 6.35. The Morgan fingerprint density at radius 2 is 1.79 bits per heavy atom. The molecule has 1 aliphatic rings. The maximum atomic E-state index is 12.5. The van der Waals surface area contributed by atoms with Crippen LogP contribution in [0.1, 0.15) is 44.2 Å². The van der Waals surface area contributed by atoms with Crippen LogP contribution in [0.2, 0.25) is 0 Å². The zero-order valence-corrected chi connectivity index (χ0v) is 13.7. The Balaban J connectivity index is 1.70. The first-order valence-corrected chi connectivity index (χ1v) is 8.22. The monoisotopic (exact) mass is 320 g/mol. The van der Waals surface area contributed by atoms with Crippen LogP contribution in [0, 0.1) is 16.7 Å². The predicted molar refractivity (Wildman–Crippen MR) is 90.5 cm³/mol. The van der Waals surface area contributed by atoms with E-state index in [1.54, 1.807) is 12.4 Å². The van der Waals surface area contributed by atoms with Gasteiger partial charge in [0.15, 0.2) is 0 Å². The summed E-state index contributed by atoms with van der Waals surface area (Å²) in [5.41, 5.74) is 2.16. The fraction of sp³-hybridized carbons (Fsp3) is 0.368. The Hall–Kier alpha value is -2.74. The summed E-state index contributed by atoms with van der Waals surface area (Å²) in [6.07, 6.45) is 8.26. The normalized spacial score (nSPS) is 17.0. The molecule has 3 rings (SSSR count). The minimum absolute atomic E-state index is 0.135. The summed E-state index contributed by atoms with van der Waals surface area (Å²) < 4.78 is 0. The molecule has 1 unspecified atom stereocenters. The van der Waals surface area contributed by atoms with Gasteiger partial charge in [0.2, 0.25) is 5.91 Å². The van der Waals surface area contributed by atoms with Crippen LogP contribution in [-0.2, 0) is 4.79 Å². The summed E-state index contributed by atoms with van der Waals surface area (Å²) in [5, 5.41) is 12.4. The smallest absolute Gasteiger partial charge is 0.240 e. The number of nitriles is 1. The van der Waals surface area contributed by atoms with Crippen molar-refractivity contribution in [3.05, 3.63) is 48.5 Å². The van der Waals surface area contributed by atoms with Gasteiger partial charge in [-0.3, -0.25) is 4.79 Å². The lowest BCUT2D eigenvalue weighted by Gasteiger charge is -2.23. The number of hydrogen-bond donors (Lipinski definition) is 1. The molecule has 0 radical (unpaired) electrons. The molecule has 1 aromatic carbocycles. The van der Waals surface area contributed by atoms with Crippen LogP contribution in [0.25, 0.3) is 11.1 Å². The van der Waals surface area contributed by atoms with Crippen LogP contribution in [-0.4, -0.2) is 15.9 Å². The Bertz CT molecular complexity index is 743. The van der Waals surface area contributed by atoms with E-state index in [0.29, 0.717) is 12.8 Å². The topological polar surface area (TPSA) is 78.7 Å². The van der Waals surface area contributed by atoms with Crippen molar-refractivity contribution >= 4 is 5.91 Å². The van der Waals surface area contributed by atoms with Gasteiger partial charge in [-0.05, 0) is 30.9 Å². The summed E-state index contributed by atoms with van der Waals surface area (Å²) >= 11 is 0. The summed E-state index contributed by atoms with van der Waals surface area (Å²) in [6.45, 7) is 1.94. The second kappa shape index (κ2) is 6.79. The number of nitrogens with one attached hydrogen (secondary N) is 1. The molecule has 2 aromatic rings. The average molecular weight is 320 g/mol. The average Bonchev–Trinajstić information content (AvgIpc) is 3.13. The largest absolute Gasteiger partial charge is 0.348 e. The molecule has 5 heteroatoms. The van der Waals surface area contributed by atoms with Crippen LogP contribution in [0.15, 0.2) is 43.0 Å². The molecule has 1 aliphatic carbocycles. The first-order valence-electron chi connectivity index (χ1n) is 8.22. The van der Waals surface area contributed by atoms with E-state index in [2.05, 4.69) is 21.4 Å². The first-order chi connectivity index (χ1) is 11.6. The van der Waals surface area contributed by atoms with E-state index in [9.17, 15) is 10.1 Å². The zero-order valence-electron chi connectivity index (χ0n) is 13.7. The van der Waals surface area contributed by atoms with Gasteiger partial charge in [0, 0.05) is 18.0 Å². The van der Waals surface area contributed by atoms with Gasteiger partial charge < -0.3 is 5.32 Å². The van der Waals surface area contributed by atoms with Gasteiger partial charge in [-0.1, -0.05) is 37.1 Å². The number of benzene rings is 1. The number of hydrogen-bond acceptors (Lipinski definition) is 4. The van der Waals surface area contributed by atoms with Crippen LogP contribution in [0.4, 0.5) is 0 Å². The van der Waals surface area contributed by atoms with E-state index in [1.165, 1.54) is 6.33 Å². The van der Waals surface area contributed by atoms with Gasteiger partial charge in [-0.25, -0.2) is 9.97 Å². The van der Waals surface area contributed by atoms with E-state index < -0.39 is 5.41 Å². The molecule has 1 fully saturated rings. The van der Waals surface area contributed by atoms with Crippen molar-refractivity contribution in [2.45, 2.75) is 38.6 Å². The fourth-order valence-corrected chi connectivity index (χ4v) is 3.20. The molecule has 5 nitrogen and oxygen atoms in total. The predicted octanol–water partition coefficient (Wildman–Crippen LogP) is 3.40. The molecule has 1 N–H and O–H groups in total. The van der Waals surface area contributed by atoms with Crippen molar-refractivity contribution in [1.29, 1.82) is 5.26 Å². The number of amides is 1. The van der Waals surface area contributed by atoms with Gasteiger partial charge in [0.05, 0.1) is 12.1 Å². The third-order valence-electron chi connectivity index (χ3n) is 4.76. The maximum Gasteiger partial charge on any atom is 0.240 e. The number of rotatable bonds is 4. The van der Waals surface area contributed by atoms with Crippen LogP contribution < -0.4 is 5.32 Å². The molecule has 1 aromatic heterocycles. The minimum Gasteiger partial charge on any atom is -0.348 e. The maximum absolute atomic E-state index is 12.5. The van der Waals surface area contributed by atoms with E-state index in [4.69, 9.17) is 0 Å². The van der Waals surface area contributed by atoms with Crippen LogP contribution >= 0.6 is 0 Å². The van der Waals surface area contributed by atoms with Crippen LogP contribution in [0.5, 0.6) is 0 Å². The van der Waals surface area contributed by atoms with Crippen molar-refractivity contribution in [3.63, 3.8) is 0 Å². The van der Waals surface area contributed by atoms with Crippen molar-refractivity contribution < 1.29 is 4.79 Å². The van der Waals surface area contributed by atoms with E-state index in [0.717, 1.165) is 29.5 Å². The molecule has 1 atom stereocenters. The lowest BCUT2D eigenvalue weighted by Crippen LogP contribution is -2.39. The third kappa shape index (κ3) is 3.13. The number of nitrogens with zero attached hydrogens (tertiary/aromatic N) is 3. The minimum atomic E-state index is -0.838. The standard InChI is InChI=1S/C19H20N4O/c1-14(23-18(24)19(12-20)8-2-3-9-19)15-4-6-16(7-5-15)17-10-21-13-22-11-17/h4-7,10-11,13-14H,2-3,8-9H2,1H3,(H,23,24). The lowest BCUT2D eigenvalue weighted by atomic mass is 9.86. The Labute approximate surface area is 141 Å². The third-order valence-corrected chi connectivity index (χ3v) is 4.76. The molecule has 24 heavy (non-hydrogen) atoms. The molecular weight excluding hydrogens is 300 g/mol. The SMILES string of the molecule is CC(NC(=O)C1(C#N)CCCC1)c1ccc(-c2cncnc2)cc1. The van der Waals surface area contributed by atoms with Crippen molar-refractivity contribution in [2.24, 2.45) is 5.41 Å². The highest BCUT2D eigenvalue weighted by molar-refractivity contribution is 5.86. The summed E-state index contributed by atoms with van der Waals surface area (Å²) in [6, 6.07) is 10.1. The van der Waals surface area contributed by atoms with Gasteiger partial charge >= 0.3 is 0 Å².